The van der Waals surface area contributed by atoms with Crippen molar-refractivity contribution in [3.63, 3.8) is 0 Å². The van der Waals surface area contributed by atoms with Gasteiger partial charge in [0.2, 0.25) is 0 Å². The van der Waals surface area contributed by atoms with E-state index in [0.29, 0.717) is 44.2 Å². The fourth-order valence-corrected chi connectivity index (χ4v) is 8.74. The van der Waals surface area contributed by atoms with E-state index in [1.54, 1.807) is 76.2 Å². The van der Waals surface area contributed by atoms with Gasteiger partial charge in [-0.05, 0) is 83.0 Å². The Balaban J connectivity index is 1.62. The van der Waals surface area contributed by atoms with Gasteiger partial charge in [0, 0.05) is 21.9 Å². The van der Waals surface area contributed by atoms with Gasteiger partial charge in [-0.25, -0.2) is 11.1 Å². The minimum absolute atomic E-state index is 0.0868. The van der Waals surface area contributed by atoms with E-state index in [9.17, 15) is 36.2 Å². The summed E-state index contributed by atoms with van der Waals surface area (Å²) in [6.45, 7) is 7.05. The number of nitrogens with zero attached hydrogens (tertiary/aromatic N) is 2. The van der Waals surface area contributed by atoms with Gasteiger partial charge in [-0.3, -0.25) is 9.11 Å². The van der Waals surface area contributed by atoms with Gasteiger partial charge in [-0.1, -0.05) is 72.8 Å². The molecule has 6 aromatic rings. The maximum absolute atomic E-state index is 12.8. The second-order valence-corrected chi connectivity index (χ2v) is 14.8. The first-order valence-corrected chi connectivity index (χ1v) is 17.9. The zero-order valence-electron chi connectivity index (χ0n) is 27.1. The van der Waals surface area contributed by atoms with Crippen LogP contribution in [0.25, 0.3) is 54.9 Å². The normalized spacial score (nSPS) is 12.0. The second kappa shape index (κ2) is 12.1. The molecule has 6 N–H and O–H groups in total. The predicted molar refractivity (Wildman–Crippen MR) is 189 cm³/mol. The van der Waals surface area contributed by atoms with Crippen LogP contribution in [0.2, 0.25) is 0 Å². The molecule has 0 aliphatic carbocycles. The van der Waals surface area contributed by atoms with Crippen molar-refractivity contribution < 1.29 is 36.2 Å². The van der Waals surface area contributed by atoms with E-state index >= 15 is 0 Å². The van der Waals surface area contributed by atoms with Crippen LogP contribution >= 0.6 is 0 Å². The molecule has 0 amide bonds. The lowest BCUT2D eigenvalue weighted by Crippen LogP contribution is -2.05. The lowest BCUT2D eigenvalue weighted by Gasteiger charge is -2.21. The van der Waals surface area contributed by atoms with Gasteiger partial charge in [0.1, 0.15) is 21.2 Å². The summed E-state index contributed by atoms with van der Waals surface area (Å²) >= 11 is 0. The molecule has 0 saturated carbocycles. The number of nitrogens with one attached hydrogen (secondary N) is 2. The highest BCUT2D eigenvalue weighted by Crippen LogP contribution is 2.51. The molecule has 0 fully saturated rings. The topological polar surface area (TPSA) is 222 Å². The Labute approximate surface area is 287 Å². The molecule has 254 valence electrons. The minimum Gasteiger partial charge on any atom is -0.505 e. The standard InChI is InChI=1S/C36H30N4O8S2/c1-17-13-21(14-18(2)27(17)29-23-9-5-7-11-25(23)33(41)31(39-37)35(29)49(43,44)45)22-15-19(3)28(20(4)16-22)30-24-10-6-8-12-26(24)34(42)32(40-38)36(30)50(46,47)48/h5-16,37-38,41-42H,1-4H3,(H,43,44,45)(H,46,47,48). The molecular weight excluding hydrogens is 681 g/mol. The largest absolute Gasteiger partial charge is 0.505 e. The van der Waals surface area contributed by atoms with E-state index in [-0.39, 0.29) is 21.9 Å². The molecule has 0 aromatic heterocycles. The van der Waals surface area contributed by atoms with Crippen molar-refractivity contribution in [3.05, 3.63) is 95.1 Å². The zero-order valence-corrected chi connectivity index (χ0v) is 28.7. The van der Waals surface area contributed by atoms with E-state index in [2.05, 4.69) is 10.2 Å². The van der Waals surface area contributed by atoms with Crippen molar-refractivity contribution in [2.45, 2.75) is 37.5 Å². The molecule has 50 heavy (non-hydrogen) atoms. The number of hydrogen-bond acceptors (Lipinski definition) is 10. The first-order chi connectivity index (χ1) is 23.5. The van der Waals surface area contributed by atoms with E-state index in [0.717, 1.165) is 11.1 Å². The van der Waals surface area contributed by atoms with Crippen molar-refractivity contribution in [2.75, 3.05) is 0 Å². The summed E-state index contributed by atoms with van der Waals surface area (Å²) in [5, 5.41) is 29.4. The fraction of sp³-hybridized carbons (Fsp3) is 0.111. The number of benzene rings is 6. The summed E-state index contributed by atoms with van der Waals surface area (Å²) in [7, 11) is -9.97. The van der Waals surface area contributed by atoms with Crippen LogP contribution < -0.4 is 0 Å². The number of fused-ring (bicyclic) bond motifs is 2. The van der Waals surface area contributed by atoms with Crippen LogP contribution in [-0.2, 0) is 20.2 Å². The van der Waals surface area contributed by atoms with Gasteiger partial charge in [-0.2, -0.15) is 27.1 Å². The van der Waals surface area contributed by atoms with Crippen LogP contribution in [0.4, 0.5) is 11.4 Å². The maximum atomic E-state index is 12.8. The lowest BCUT2D eigenvalue weighted by molar-refractivity contribution is 0.472. The van der Waals surface area contributed by atoms with Gasteiger partial charge in [0.25, 0.3) is 20.2 Å². The SMILES string of the molecule is Cc1cc(-c2cc(C)c(-c3c(S(=O)(=O)O)c(N=N)c(O)c4ccccc34)c(C)c2)cc(C)c1-c1c(S(=O)(=O)O)c(N=N)c(O)c2ccccc12. The van der Waals surface area contributed by atoms with Gasteiger partial charge in [-0.15, -0.1) is 0 Å². The number of aromatic hydroxyl groups is 2. The van der Waals surface area contributed by atoms with Crippen LogP contribution in [0.3, 0.4) is 0 Å². The molecule has 0 radical (unpaired) electrons. The molecule has 0 saturated heterocycles. The zero-order chi connectivity index (χ0) is 36.4. The monoisotopic (exact) mass is 710 g/mol. The van der Waals surface area contributed by atoms with Crippen molar-refractivity contribution in [3.8, 4) is 44.9 Å². The first-order valence-electron chi connectivity index (χ1n) is 15.0. The molecule has 0 aliphatic heterocycles. The highest BCUT2D eigenvalue weighted by Gasteiger charge is 2.31. The van der Waals surface area contributed by atoms with Crippen LogP contribution in [0.15, 0.2) is 92.8 Å². The van der Waals surface area contributed by atoms with E-state index in [1.807, 2.05) is 24.3 Å². The second-order valence-electron chi connectivity index (χ2n) is 12.0. The number of phenolic OH excluding ortho intramolecular Hbond substituents is 2. The van der Waals surface area contributed by atoms with Crippen LogP contribution in [0.5, 0.6) is 11.5 Å². The molecule has 0 spiro atoms. The van der Waals surface area contributed by atoms with Gasteiger partial charge in [0.15, 0.2) is 11.5 Å². The first kappa shape index (κ1) is 34.3. The summed E-state index contributed by atoms with van der Waals surface area (Å²) < 4.78 is 71.8. The number of rotatable bonds is 7. The molecule has 6 rings (SSSR count). The Morgan fingerprint density at radius 3 is 1.04 bits per heavy atom. The molecular formula is C36H30N4O8S2. The number of phenols is 2. The highest BCUT2D eigenvalue weighted by molar-refractivity contribution is 7.86. The Morgan fingerprint density at radius 1 is 0.500 bits per heavy atom. The fourth-order valence-electron chi connectivity index (χ4n) is 7.02. The van der Waals surface area contributed by atoms with Crippen molar-refractivity contribution in [1.82, 2.24) is 0 Å². The molecule has 6 aromatic carbocycles. The van der Waals surface area contributed by atoms with Crippen LogP contribution in [0.1, 0.15) is 22.3 Å². The van der Waals surface area contributed by atoms with Crippen LogP contribution in [0, 0.1) is 38.8 Å². The minimum atomic E-state index is -4.98. The highest BCUT2D eigenvalue weighted by atomic mass is 32.2. The Hall–Kier alpha value is -5.54. The van der Waals surface area contributed by atoms with Crippen molar-refractivity contribution in [2.24, 2.45) is 10.2 Å². The predicted octanol–water partition coefficient (Wildman–Crippen LogP) is 9.46. The van der Waals surface area contributed by atoms with E-state index in [1.165, 1.54) is 0 Å². The number of hydrogen-bond donors (Lipinski definition) is 6. The molecule has 0 aliphatic rings. The summed E-state index contributed by atoms with van der Waals surface area (Å²) in [6, 6.07) is 20.2. The van der Waals surface area contributed by atoms with E-state index in [4.69, 9.17) is 11.1 Å². The maximum Gasteiger partial charge on any atom is 0.297 e. The Kier molecular flexibility index (Phi) is 8.31. The van der Waals surface area contributed by atoms with Gasteiger partial charge in [0.05, 0.1) is 0 Å². The molecule has 0 heterocycles. The van der Waals surface area contributed by atoms with Crippen molar-refractivity contribution in [1.29, 1.82) is 11.1 Å². The lowest BCUT2D eigenvalue weighted by atomic mass is 9.86. The van der Waals surface area contributed by atoms with Gasteiger partial charge < -0.3 is 10.2 Å². The summed E-state index contributed by atoms with van der Waals surface area (Å²) in [4.78, 5) is -1.37. The Bertz CT molecular complexity index is 2480. The van der Waals surface area contributed by atoms with E-state index < -0.39 is 52.9 Å². The summed E-state index contributed by atoms with van der Waals surface area (Å²) in [6.07, 6.45) is 0. The summed E-state index contributed by atoms with van der Waals surface area (Å²) in [5.41, 5.74) is 19.1. The summed E-state index contributed by atoms with van der Waals surface area (Å²) in [5.74, 6) is -1.10. The van der Waals surface area contributed by atoms with Crippen molar-refractivity contribution >= 4 is 53.2 Å². The average Bonchev–Trinajstić information content (AvgIpc) is 3.04. The molecule has 14 heteroatoms. The number of aryl methyl sites for hydroxylation is 4. The molecule has 0 bridgehead atoms. The molecule has 0 atom stereocenters. The third-order valence-corrected chi connectivity index (χ3v) is 10.7. The van der Waals surface area contributed by atoms with Gasteiger partial charge >= 0.3 is 0 Å². The molecule has 0 unspecified atom stereocenters. The molecule has 12 nitrogen and oxygen atoms in total. The Morgan fingerprint density at radius 2 is 0.780 bits per heavy atom. The third-order valence-electron chi connectivity index (χ3n) is 8.87. The van der Waals surface area contributed by atoms with Crippen LogP contribution in [-0.4, -0.2) is 36.2 Å². The quantitative estimate of drug-likeness (QED) is 0.0690. The smallest absolute Gasteiger partial charge is 0.297 e. The average molecular weight is 711 g/mol. The third kappa shape index (κ3) is 5.38.